The van der Waals surface area contributed by atoms with E-state index >= 15 is 0 Å². The molecule has 3 amide bonds. The number of carbonyl (C=O) groups is 2. The van der Waals surface area contributed by atoms with Gasteiger partial charge in [0.05, 0.1) is 13.2 Å². The lowest BCUT2D eigenvalue weighted by atomic mass is 10.1. The van der Waals surface area contributed by atoms with Gasteiger partial charge < -0.3 is 25.6 Å². The lowest BCUT2D eigenvalue weighted by molar-refractivity contribution is -0.116. The van der Waals surface area contributed by atoms with Crippen LogP contribution in [0, 0.1) is 13.8 Å². The molecule has 0 spiro atoms. The molecular formula is C26H30N6O4. The predicted octanol–water partition coefficient (Wildman–Crippen LogP) is 3.44. The number of nitrogens with zero attached hydrogens (tertiary/aromatic N) is 2. The van der Waals surface area contributed by atoms with Crippen LogP contribution in [0.1, 0.15) is 23.2 Å². The van der Waals surface area contributed by atoms with Crippen LogP contribution < -0.4 is 26.4 Å². The Morgan fingerprint density at radius 2 is 1.72 bits per heavy atom. The second kappa shape index (κ2) is 11.5. The lowest BCUT2D eigenvalue weighted by Gasteiger charge is -2.27. The first kappa shape index (κ1) is 24.9. The van der Waals surface area contributed by atoms with E-state index in [1.807, 2.05) is 36.1 Å². The van der Waals surface area contributed by atoms with Gasteiger partial charge in [0.25, 0.3) is 5.56 Å². The number of aromatic amines is 1. The smallest absolute Gasteiger partial charge is 0.323 e. The van der Waals surface area contributed by atoms with Gasteiger partial charge in [-0.25, -0.2) is 9.78 Å². The summed E-state index contributed by atoms with van der Waals surface area (Å²) in [7, 11) is 0. The number of urea groups is 1. The molecule has 1 aromatic heterocycles. The van der Waals surface area contributed by atoms with E-state index in [1.165, 1.54) is 0 Å². The van der Waals surface area contributed by atoms with Gasteiger partial charge in [0.2, 0.25) is 11.9 Å². The van der Waals surface area contributed by atoms with Crippen molar-refractivity contribution in [2.24, 2.45) is 0 Å². The Bertz CT molecular complexity index is 1290. The molecule has 36 heavy (non-hydrogen) atoms. The summed E-state index contributed by atoms with van der Waals surface area (Å²) in [5.74, 6) is 0.297. The Kier molecular flexibility index (Phi) is 7.96. The summed E-state index contributed by atoms with van der Waals surface area (Å²) in [4.78, 5) is 47.0. The van der Waals surface area contributed by atoms with Gasteiger partial charge in [0, 0.05) is 47.8 Å². The second-order valence-corrected chi connectivity index (χ2v) is 8.58. The Morgan fingerprint density at radius 1 is 1.00 bits per heavy atom. The molecule has 0 bridgehead atoms. The third kappa shape index (κ3) is 6.48. The molecule has 188 valence electrons. The van der Waals surface area contributed by atoms with E-state index in [9.17, 15) is 14.4 Å². The van der Waals surface area contributed by atoms with Crippen molar-refractivity contribution in [3.63, 3.8) is 0 Å². The third-order valence-corrected chi connectivity index (χ3v) is 5.92. The van der Waals surface area contributed by atoms with Crippen molar-refractivity contribution in [2.75, 3.05) is 47.2 Å². The van der Waals surface area contributed by atoms with E-state index in [1.54, 1.807) is 31.2 Å². The zero-order valence-electron chi connectivity index (χ0n) is 20.4. The number of hydrogen-bond acceptors (Lipinski definition) is 6. The summed E-state index contributed by atoms with van der Waals surface area (Å²) in [5.41, 5.74) is 3.52. The number of nitrogens with one attached hydrogen (secondary N) is 4. The van der Waals surface area contributed by atoms with Crippen LogP contribution in [0.25, 0.3) is 0 Å². The highest BCUT2D eigenvalue weighted by Crippen LogP contribution is 2.21. The number of rotatable bonds is 7. The summed E-state index contributed by atoms with van der Waals surface area (Å²) in [5, 5.41) is 8.40. The molecule has 4 rings (SSSR count). The summed E-state index contributed by atoms with van der Waals surface area (Å²) in [6.45, 7) is 6.19. The van der Waals surface area contributed by atoms with E-state index in [4.69, 9.17) is 4.74 Å². The van der Waals surface area contributed by atoms with Crippen molar-refractivity contribution in [1.29, 1.82) is 0 Å². The fourth-order valence-electron chi connectivity index (χ4n) is 3.92. The fourth-order valence-corrected chi connectivity index (χ4v) is 3.92. The van der Waals surface area contributed by atoms with Gasteiger partial charge in [0.1, 0.15) is 0 Å². The minimum absolute atomic E-state index is 0.119. The Morgan fingerprint density at radius 3 is 2.44 bits per heavy atom. The van der Waals surface area contributed by atoms with E-state index in [0.29, 0.717) is 60.6 Å². The topological polar surface area (TPSA) is 128 Å². The SMILES string of the molecule is Cc1ccc(NC(=O)Nc2ccccc2)cc1NC(=O)CCc1c(C)nc(N2CCOCC2)[nH]c1=O. The van der Waals surface area contributed by atoms with Crippen LogP contribution in [-0.2, 0) is 16.0 Å². The third-order valence-electron chi connectivity index (χ3n) is 5.92. The number of ether oxygens (including phenoxy) is 1. The maximum atomic E-state index is 12.7. The molecule has 4 N–H and O–H groups in total. The van der Waals surface area contributed by atoms with Crippen LogP contribution in [0.2, 0.25) is 0 Å². The molecule has 3 aromatic rings. The Hall–Kier alpha value is -4.18. The summed E-state index contributed by atoms with van der Waals surface area (Å²) >= 11 is 0. The van der Waals surface area contributed by atoms with E-state index < -0.39 is 0 Å². The fraction of sp³-hybridized carbons (Fsp3) is 0.308. The highest BCUT2D eigenvalue weighted by molar-refractivity contribution is 6.00. The molecule has 1 fully saturated rings. The summed E-state index contributed by atoms with van der Waals surface area (Å²) in [6.07, 6.45) is 0.383. The lowest BCUT2D eigenvalue weighted by Crippen LogP contribution is -2.38. The number of hydrogen-bond donors (Lipinski definition) is 4. The van der Waals surface area contributed by atoms with Gasteiger partial charge >= 0.3 is 6.03 Å². The van der Waals surface area contributed by atoms with Gasteiger partial charge in [-0.2, -0.15) is 0 Å². The standard InChI is InChI=1S/C26H30N6O4/c1-17-8-9-20(29-26(35)28-19-6-4-3-5-7-19)16-22(17)30-23(33)11-10-21-18(2)27-25(31-24(21)34)32-12-14-36-15-13-32/h3-9,16H,10-15H2,1-2H3,(H,30,33)(H,27,31,34)(H2,28,29,35). The van der Waals surface area contributed by atoms with Crippen molar-refractivity contribution >= 4 is 34.9 Å². The van der Waals surface area contributed by atoms with Gasteiger partial charge in [-0.05, 0) is 50.1 Å². The van der Waals surface area contributed by atoms with Crippen LogP contribution in [0.15, 0.2) is 53.3 Å². The summed E-state index contributed by atoms with van der Waals surface area (Å²) < 4.78 is 5.35. The number of amides is 3. The number of H-pyrrole nitrogens is 1. The average Bonchev–Trinajstić information content (AvgIpc) is 2.86. The number of para-hydroxylation sites is 1. The van der Waals surface area contributed by atoms with E-state index in [-0.39, 0.29) is 30.3 Å². The number of aryl methyl sites for hydroxylation is 2. The van der Waals surface area contributed by atoms with E-state index in [0.717, 1.165) is 5.56 Å². The largest absolute Gasteiger partial charge is 0.378 e. The minimum atomic E-state index is -0.384. The van der Waals surface area contributed by atoms with Gasteiger partial charge in [-0.1, -0.05) is 24.3 Å². The summed E-state index contributed by atoms with van der Waals surface area (Å²) in [6, 6.07) is 14.0. The first-order valence-electron chi connectivity index (χ1n) is 11.8. The maximum Gasteiger partial charge on any atom is 0.323 e. The molecular weight excluding hydrogens is 460 g/mol. The highest BCUT2D eigenvalue weighted by atomic mass is 16.5. The molecule has 1 aliphatic heterocycles. The normalized spacial score (nSPS) is 13.2. The molecule has 0 aliphatic carbocycles. The Labute approximate surface area is 209 Å². The first-order valence-corrected chi connectivity index (χ1v) is 11.8. The first-order chi connectivity index (χ1) is 17.4. The van der Waals surface area contributed by atoms with Crippen molar-refractivity contribution in [3.8, 4) is 0 Å². The van der Waals surface area contributed by atoms with Gasteiger partial charge in [0.15, 0.2) is 0 Å². The molecule has 0 saturated carbocycles. The molecule has 1 saturated heterocycles. The number of benzene rings is 2. The molecule has 2 aromatic carbocycles. The van der Waals surface area contributed by atoms with Crippen LogP contribution in [0.5, 0.6) is 0 Å². The predicted molar refractivity (Wildman–Crippen MR) is 140 cm³/mol. The molecule has 0 atom stereocenters. The molecule has 1 aliphatic rings. The van der Waals surface area contributed by atoms with Crippen molar-refractivity contribution < 1.29 is 14.3 Å². The second-order valence-electron chi connectivity index (χ2n) is 8.58. The molecule has 10 heteroatoms. The number of anilines is 4. The quantitative estimate of drug-likeness (QED) is 0.402. The molecule has 2 heterocycles. The molecule has 10 nitrogen and oxygen atoms in total. The number of morpholine rings is 1. The highest BCUT2D eigenvalue weighted by Gasteiger charge is 2.17. The van der Waals surface area contributed by atoms with Crippen LogP contribution in [0.4, 0.5) is 27.8 Å². The maximum absolute atomic E-state index is 12.7. The zero-order valence-corrected chi connectivity index (χ0v) is 20.4. The number of carbonyl (C=O) groups excluding carboxylic acids is 2. The van der Waals surface area contributed by atoms with Gasteiger partial charge in [-0.3, -0.25) is 14.6 Å². The monoisotopic (exact) mass is 490 g/mol. The van der Waals surface area contributed by atoms with Crippen LogP contribution in [0.3, 0.4) is 0 Å². The molecule has 0 unspecified atom stereocenters. The van der Waals surface area contributed by atoms with E-state index in [2.05, 4.69) is 25.9 Å². The van der Waals surface area contributed by atoms with Crippen molar-refractivity contribution in [3.05, 3.63) is 75.7 Å². The average molecular weight is 491 g/mol. The Balaban J connectivity index is 1.35. The number of aromatic nitrogens is 2. The van der Waals surface area contributed by atoms with Crippen molar-refractivity contribution in [2.45, 2.75) is 26.7 Å². The van der Waals surface area contributed by atoms with Crippen LogP contribution >= 0.6 is 0 Å². The molecule has 0 radical (unpaired) electrons. The minimum Gasteiger partial charge on any atom is -0.378 e. The van der Waals surface area contributed by atoms with Gasteiger partial charge in [-0.15, -0.1) is 0 Å². The zero-order chi connectivity index (χ0) is 25.5. The van der Waals surface area contributed by atoms with Crippen LogP contribution in [-0.4, -0.2) is 48.2 Å². The van der Waals surface area contributed by atoms with Crippen molar-refractivity contribution in [1.82, 2.24) is 9.97 Å².